The summed E-state index contributed by atoms with van der Waals surface area (Å²) in [6.07, 6.45) is -0.0245. The van der Waals surface area contributed by atoms with Gasteiger partial charge in [-0.3, -0.25) is 9.59 Å². The van der Waals surface area contributed by atoms with Crippen LogP contribution in [0.15, 0.2) is 18.2 Å². The Kier molecular flexibility index (Phi) is 8.88. The van der Waals surface area contributed by atoms with E-state index in [9.17, 15) is 18.4 Å². The van der Waals surface area contributed by atoms with E-state index >= 15 is 0 Å². The number of aliphatic hydroxyl groups excluding tert-OH is 1. The highest BCUT2D eigenvalue weighted by Gasteiger charge is 2.18. The molecule has 0 unspecified atom stereocenters. The minimum absolute atomic E-state index is 0.0245. The standard InChI is InChI=1S/C16H21F2NO5/c1-2-24-15(21)5-6-19(7-9-23-10-8-20)16(22)12-3-4-13(17)14(18)11-12/h3-4,11,20H,2,5-10H2,1H3. The lowest BCUT2D eigenvalue weighted by atomic mass is 10.2. The average Bonchev–Trinajstić information content (AvgIpc) is 2.56. The van der Waals surface area contributed by atoms with Gasteiger partial charge in [0, 0.05) is 18.7 Å². The zero-order valence-electron chi connectivity index (χ0n) is 13.5. The molecule has 24 heavy (non-hydrogen) atoms. The molecule has 1 N–H and O–H groups in total. The van der Waals surface area contributed by atoms with Crippen molar-refractivity contribution >= 4 is 11.9 Å². The first kappa shape index (κ1) is 20.0. The fraction of sp³-hybridized carbons (Fsp3) is 0.500. The quantitative estimate of drug-likeness (QED) is 0.512. The summed E-state index contributed by atoms with van der Waals surface area (Å²) in [6.45, 7) is 2.20. The number of hydrogen-bond donors (Lipinski definition) is 1. The van der Waals surface area contributed by atoms with Crippen LogP contribution >= 0.6 is 0 Å². The van der Waals surface area contributed by atoms with Crippen LogP contribution in [-0.4, -0.2) is 61.4 Å². The fourth-order valence-corrected chi connectivity index (χ4v) is 1.93. The maximum atomic E-state index is 13.3. The van der Waals surface area contributed by atoms with Crippen LogP contribution in [0.1, 0.15) is 23.7 Å². The van der Waals surface area contributed by atoms with Crippen LogP contribution in [0, 0.1) is 11.6 Å². The van der Waals surface area contributed by atoms with Crippen molar-refractivity contribution in [1.82, 2.24) is 4.90 Å². The van der Waals surface area contributed by atoms with E-state index in [0.29, 0.717) is 0 Å². The monoisotopic (exact) mass is 345 g/mol. The van der Waals surface area contributed by atoms with E-state index in [1.807, 2.05) is 0 Å². The fourth-order valence-electron chi connectivity index (χ4n) is 1.93. The zero-order chi connectivity index (χ0) is 17.9. The van der Waals surface area contributed by atoms with Gasteiger partial charge in [-0.25, -0.2) is 8.78 Å². The number of hydrogen-bond acceptors (Lipinski definition) is 5. The molecular weight excluding hydrogens is 324 g/mol. The highest BCUT2D eigenvalue weighted by Crippen LogP contribution is 2.12. The molecule has 0 saturated carbocycles. The predicted octanol–water partition coefficient (Wildman–Crippen LogP) is 1.37. The van der Waals surface area contributed by atoms with Gasteiger partial charge in [-0.05, 0) is 25.1 Å². The third-order valence-electron chi connectivity index (χ3n) is 3.09. The molecule has 0 radical (unpaired) electrons. The Morgan fingerprint density at radius 3 is 2.54 bits per heavy atom. The molecule has 0 heterocycles. The Balaban J connectivity index is 2.75. The van der Waals surface area contributed by atoms with Gasteiger partial charge in [-0.1, -0.05) is 0 Å². The Bertz CT molecular complexity index is 553. The number of rotatable bonds is 10. The largest absolute Gasteiger partial charge is 0.466 e. The van der Waals surface area contributed by atoms with Gasteiger partial charge in [0.05, 0.1) is 32.8 Å². The second-order valence-corrected chi connectivity index (χ2v) is 4.81. The van der Waals surface area contributed by atoms with Crippen molar-refractivity contribution in [1.29, 1.82) is 0 Å². The normalized spacial score (nSPS) is 10.5. The van der Waals surface area contributed by atoms with Gasteiger partial charge in [0.15, 0.2) is 11.6 Å². The van der Waals surface area contributed by atoms with Gasteiger partial charge in [0.25, 0.3) is 5.91 Å². The first-order valence-electron chi connectivity index (χ1n) is 7.58. The predicted molar refractivity (Wildman–Crippen MR) is 81.4 cm³/mol. The van der Waals surface area contributed by atoms with Crippen molar-refractivity contribution in [3.8, 4) is 0 Å². The topological polar surface area (TPSA) is 76.1 Å². The van der Waals surface area contributed by atoms with Crippen LogP contribution in [0.5, 0.6) is 0 Å². The van der Waals surface area contributed by atoms with Crippen LogP contribution in [0.3, 0.4) is 0 Å². The van der Waals surface area contributed by atoms with E-state index in [1.165, 1.54) is 11.0 Å². The van der Waals surface area contributed by atoms with E-state index in [2.05, 4.69) is 0 Å². The number of ether oxygens (including phenoxy) is 2. The van der Waals surface area contributed by atoms with Crippen molar-refractivity contribution in [2.45, 2.75) is 13.3 Å². The first-order valence-corrected chi connectivity index (χ1v) is 7.58. The SMILES string of the molecule is CCOC(=O)CCN(CCOCCO)C(=O)c1ccc(F)c(F)c1. The van der Waals surface area contributed by atoms with Crippen LogP contribution in [0.2, 0.25) is 0 Å². The van der Waals surface area contributed by atoms with Crippen molar-refractivity contribution in [2.24, 2.45) is 0 Å². The van der Waals surface area contributed by atoms with E-state index in [0.717, 1.165) is 12.1 Å². The van der Waals surface area contributed by atoms with Gasteiger partial charge in [0.2, 0.25) is 0 Å². The lowest BCUT2D eigenvalue weighted by molar-refractivity contribution is -0.143. The number of halogens is 2. The Morgan fingerprint density at radius 1 is 1.17 bits per heavy atom. The maximum absolute atomic E-state index is 13.3. The van der Waals surface area contributed by atoms with Crippen LogP contribution in [-0.2, 0) is 14.3 Å². The molecular formula is C16H21F2NO5. The third kappa shape index (κ3) is 6.59. The van der Waals surface area contributed by atoms with Crippen LogP contribution < -0.4 is 0 Å². The number of carbonyl (C=O) groups excluding carboxylic acids is 2. The van der Waals surface area contributed by atoms with Gasteiger partial charge in [0.1, 0.15) is 0 Å². The van der Waals surface area contributed by atoms with Gasteiger partial charge in [-0.15, -0.1) is 0 Å². The minimum Gasteiger partial charge on any atom is -0.466 e. The molecule has 8 heteroatoms. The summed E-state index contributed by atoms with van der Waals surface area (Å²) in [5.74, 6) is -3.18. The highest BCUT2D eigenvalue weighted by atomic mass is 19.2. The van der Waals surface area contributed by atoms with Crippen molar-refractivity contribution in [2.75, 3.05) is 39.5 Å². The van der Waals surface area contributed by atoms with Crippen molar-refractivity contribution < 1.29 is 33.0 Å². The second-order valence-electron chi connectivity index (χ2n) is 4.81. The molecule has 0 aromatic heterocycles. The highest BCUT2D eigenvalue weighted by molar-refractivity contribution is 5.94. The molecule has 0 atom stereocenters. The summed E-state index contributed by atoms with van der Waals surface area (Å²) in [6, 6.07) is 2.85. The van der Waals surface area contributed by atoms with Crippen LogP contribution in [0.25, 0.3) is 0 Å². The molecule has 1 rings (SSSR count). The molecule has 1 aromatic carbocycles. The first-order chi connectivity index (χ1) is 11.5. The summed E-state index contributed by atoms with van der Waals surface area (Å²) >= 11 is 0. The molecule has 0 aliphatic rings. The zero-order valence-corrected chi connectivity index (χ0v) is 13.5. The summed E-state index contributed by atoms with van der Waals surface area (Å²) in [7, 11) is 0. The molecule has 0 aliphatic heterocycles. The molecule has 6 nitrogen and oxygen atoms in total. The van der Waals surface area contributed by atoms with Crippen molar-refractivity contribution in [3.05, 3.63) is 35.4 Å². The van der Waals surface area contributed by atoms with E-state index in [-0.39, 0.29) is 51.5 Å². The van der Waals surface area contributed by atoms with Gasteiger partial charge >= 0.3 is 5.97 Å². The Labute approximate surface area is 139 Å². The molecule has 0 saturated heterocycles. The van der Waals surface area contributed by atoms with E-state index in [4.69, 9.17) is 14.6 Å². The van der Waals surface area contributed by atoms with E-state index < -0.39 is 23.5 Å². The van der Waals surface area contributed by atoms with E-state index in [1.54, 1.807) is 6.92 Å². The van der Waals surface area contributed by atoms with Crippen LogP contribution in [0.4, 0.5) is 8.78 Å². The molecule has 134 valence electrons. The number of aliphatic hydroxyl groups is 1. The second kappa shape index (κ2) is 10.7. The molecule has 1 aromatic rings. The number of amides is 1. The number of esters is 1. The van der Waals surface area contributed by atoms with Crippen molar-refractivity contribution in [3.63, 3.8) is 0 Å². The molecule has 0 fully saturated rings. The smallest absolute Gasteiger partial charge is 0.307 e. The summed E-state index contributed by atoms with van der Waals surface area (Å²) < 4.78 is 36.2. The average molecular weight is 345 g/mol. The Hall–Kier alpha value is -2.06. The number of benzene rings is 1. The lowest BCUT2D eigenvalue weighted by Crippen LogP contribution is -2.36. The number of nitrogens with zero attached hydrogens (tertiary/aromatic N) is 1. The minimum atomic E-state index is -1.12. The lowest BCUT2D eigenvalue weighted by Gasteiger charge is -2.22. The Morgan fingerprint density at radius 2 is 1.92 bits per heavy atom. The molecule has 0 aliphatic carbocycles. The van der Waals surface area contributed by atoms with Gasteiger partial charge in [-0.2, -0.15) is 0 Å². The number of carbonyl (C=O) groups is 2. The molecule has 0 spiro atoms. The van der Waals surface area contributed by atoms with Gasteiger partial charge < -0.3 is 19.5 Å². The summed E-state index contributed by atoms with van der Waals surface area (Å²) in [4.78, 5) is 25.2. The summed E-state index contributed by atoms with van der Waals surface area (Å²) in [5.41, 5.74) is -0.0279. The third-order valence-corrected chi connectivity index (χ3v) is 3.09. The summed E-state index contributed by atoms with van der Waals surface area (Å²) in [5, 5.41) is 8.67. The molecule has 0 bridgehead atoms. The molecule has 1 amide bonds. The maximum Gasteiger partial charge on any atom is 0.307 e.